The third-order valence-corrected chi connectivity index (χ3v) is 4.34. The standard InChI is InChI=1S/C19H17N5O/c1-11-6-17(23-24(11)2)18(25)16-10-22-19-15(16)8-13(9-21-19)12-4-3-5-14(20)7-12/h3-10H,20H2,1-2H3,(H,21,22). The highest BCUT2D eigenvalue weighted by atomic mass is 16.1. The van der Waals surface area contributed by atoms with Gasteiger partial charge in [-0.3, -0.25) is 9.48 Å². The van der Waals surface area contributed by atoms with Gasteiger partial charge in [-0.1, -0.05) is 12.1 Å². The summed E-state index contributed by atoms with van der Waals surface area (Å²) in [6.07, 6.45) is 3.46. The van der Waals surface area contributed by atoms with Gasteiger partial charge in [0.05, 0.1) is 5.56 Å². The summed E-state index contributed by atoms with van der Waals surface area (Å²) in [5.41, 5.74) is 11.0. The maximum atomic E-state index is 12.8. The number of nitrogens with two attached hydrogens (primary N) is 1. The fourth-order valence-electron chi connectivity index (χ4n) is 2.88. The second-order valence-corrected chi connectivity index (χ2v) is 6.07. The Bertz CT molecular complexity index is 1090. The SMILES string of the molecule is Cc1cc(C(=O)c2c[nH]c3ncc(-c4cccc(N)c4)cc23)nn1C. The number of H-pyrrole nitrogens is 1. The van der Waals surface area contributed by atoms with Gasteiger partial charge < -0.3 is 10.7 Å². The molecule has 124 valence electrons. The van der Waals surface area contributed by atoms with Gasteiger partial charge in [-0.25, -0.2) is 4.98 Å². The first-order valence-electron chi connectivity index (χ1n) is 7.91. The van der Waals surface area contributed by atoms with Gasteiger partial charge in [0.1, 0.15) is 11.3 Å². The largest absolute Gasteiger partial charge is 0.399 e. The number of aromatic nitrogens is 4. The quantitative estimate of drug-likeness (QED) is 0.446. The Balaban J connectivity index is 1.82. The first-order valence-corrected chi connectivity index (χ1v) is 7.91. The Labute approximate surface area is 144 Å². The number of carbonyl (C=O) groups is 1. The summed E-state index contributed by atoms with van der Waals surface area (Å²) in [6.45, 7) is 1.92. The molecule has 3 N–H and O–H groups in total. The predicted octanol–water partition coefficient (Wildman–Crippen LogP) is 3.09. The van der Waals surface area contributed by atoms with Crippen LogP contribution in [0.4, 0.5) is 5.69 Å². The first kappa shape index (κ1) is 15.1. The molecule has 4 rings (SSSR count). The van der Waals surface area contributed by atoms with Crippen LogP contribution in [0.2, 0.25) is 0 Å². The lowest BCUT2D eigenvalue weighted by atomic mass is 10.0. The van der Waals surface area contributed by atoms with Gasteiger partial charge in [-0.05, 0) is 36.8 Å². The van der Waals surface area contributed by atoms with Crippen LogP contribution in [0.1, 0.15) is 21.7 Å². The molecule has 0 amide bonds. The average molecular weight is 331 g/mol. The molecule has 3 aromatic heterocycles. The van der Waals surface area contributed by atoms with Gasteiger partial charge in [-0.2, -0.15) is 5.10 Å². The summed E-state index contributed by atoms with van der Waals surface area (Å²) >= 11 is 0. The molecule has 4 aromatic rings. The average Bonchev–Trinajstić information content (AvgIpc) is 3.17. The van der Waals surface area contributed by atoms with Gasteiger partial charge in [0.25, 0.3) is 0 Å². The van der Waals surface area contributed by atoms with Crippen LogP contribution in [0.5, 0.6) is 0 Å². The van der Waals surface area contributed by atoms with Gasteiger partial charge in [0.15, 0.2) is 0 Å². The van der Waals surface area contributed by atoms with E-state index in [1.54, 1.807) is 23.1 Å². The molecule has 0 bridgehead atoms. The number of fused-ring (bicyclic) bond motifs is 1. The molecule has 0 atom stereocenters. The Morgan fingerprint density at radius 3 is 2.76 bits per heavy atom. The van der Waals surface area contributed by atoms with E-state index in [1.165, 1.54) is 0 Å². The predicted molar refractivity (Wildman–Crippen MR) is 97.3 cm³/mol. The fourth-order valence-corrected chi connectivity index (χ4v) is 2.88. The van der Waals surface area contributed by atoms with Crippen molar-refractivity contribution in [2.75, 3.05) is 5.73 Å². The van der Waals surface area contributed by atoms with E-state index in [9.17, 15) is 4.79 Å². The van der Waals surface area contributed by atoms with Crippen LogP contribution >= 0.6 is 0 Å². The highest BCUT2D eigenvalue weighted by Gasteiger charge is 2.18. The Morgan fingerprint density at radius 2 is 2.04 bits per heavy atom. The maximum absolute atomic E-state index is 12.8. The number of anilines is 1. The van der Waals surface area contributed by atoms with Crippen molar-refractivity contribution in [1.29, 1.82) is 0 Å². The molecule has 0 fully saturated rings. The van der Waals surface area contributed by atoms with Crippen LogP contribution in [0.25, 0.3) is 22.2 Å². The molecule has 6 heteroatoms. The highest BCUT2D eigenvalue weighted by Crippen LogP contribution is 2.27. The van der Waals surface area contributed by atoms with Crippen LogP contribution in [0, 0.1) is 6.92 Å². The van der Waals surface area contributed by atoms with E-state index in [2.05, 4.69) is 15.1 Å². The van der Waals surface area contributed by atoms with Crippen LogP contribution in [0.15, 0.2) is 48.8 Å². The van der Waals surface area contributed by atoms with Crippen molar-refractivity contribution in [1.82, 2.24) is 19.7 Å². The topological polar surface area (TPSA) is 89.6 Å². The van der Waals surface area contributed by atoms with Crippen molar-refractivity contribution < 1.29 is 4.79 Å². The molecule has 0 unspecified atom stereocenters. The third kappa shape index (κ3) is 2.57. The number of carbonyl (C=O) groups excluding carboxylic acids is 1. The van der Waals surface area contributed by atoms with Crippen LogP contribution in [-0.2, 0) is 7.05 Å². The van der Waals surface area contributed by atoms with E-state index in [1.807, 2.05) is 44.3 Å². The molecular weight excluding hydrogens is 314 g/mol. The number of rotatable bonds is 3. The molecular formula is C19H17N5O. The second-order valence-electron chi connectivity index (χ2n) is 6.07. The van der Waals surface area contributed by atoms with E-state index >= 15 is 0 Å². The molecule has 0 aliphatic heterocycles. The molecule has 3 heterocycles. The number of nitrogen functional groups attached to an aromatic ring is 1. The number of ketones is 1. The smallest absolute Gasteiger partial charge is 0.215 e. The van der Waals surface area contributed by atoms with Crippen LogP contribution in [0.3, 0.4) is 0 Å². The molecule has 0 radical (unpaired) electrons. The summed E-state index contributed by atoms with van der Waals surface area (Å²) in [7, 11) is 1.82. The number of aromatic amines is 1. The third-order valence-electron chi connectivity index (χ3n) is 4.34. The minimum atomic E-state index is -0.124. The summed E-state index contributed by atoms with van der Waals surface area (Å²) in [5, 5.41) is 5.05. The summed E-state index contributed by atoms with van der Waals surface area (Å²) < 4.78 is 1.69. The normalized spacial score (nSPS) is 11.1. The number of hydrogen-bond acceptors (Lipinski definition) is 4. The highest BCUT2D eigenvalue weighted by molar-refractivity contribution is 6.15. The van der Waals surface area contributed by atoms with Gasteiger partial charge in [0, 0.05) is 41.8 Å². The molecule has 6 nitrogen and oxygen atoms in total. The van der Waals surface area contributed by atoms with E-state index in [0.717, 1.165) is 22.2 Å². The van der Waals surface area contributed by atoms with Gasteiger partial charge in [-0.15, -0.1) is 0 Å². The van der Waals surface area contributed by atoms with Crippen molar-refractivity contribution in [2.45, 2.75) is 6.92 Å². The summed E-state index contributed by atoms with van der Waals surface area (Å²) in [6, 6.07) is 11.3. The Hall–Kier alpha value is -3.41. The number of pyridine rings is 1. The van der Waals surface area contributed by atoms with Crippen molar-refractivity contribution in [3.8, 4) is 11.1 Å². The van der Waals surface area contributed by atoms with Gasteiger partial charge in [0.2, 0.25) is 5.78 Å². The number of nitrogens with zero attached hydrogens (tertiary/aromatic N) is 3. The molecule has 0 spiro atoms. The van der Waals surface area contributed by atoms with Crippen molar-refractivity contribution >= 4 is 22.5 Å². The van der Waals surface area contributed by atoms with E-state index in [4.69, 9.17) is 5.73 Å². The van der Waals surface area contributed by atoms with Gasteiger partial charge >= 0.3 is 0 Å². The summed E-state index contributed by atoms with van der Waals surface area (Å²) in [4.78, 5) is 20.3. The number of benzene rings is 1. The number of aryl methyl sites for hydroxylation is 2. The Morgan fingerprint density at radius 1 is 1.20 bits per heavy atom. The minimum Gasteiger partial charge on any atom is -0.399 e. The molecule has 0 saturated heterocycles. The lowest BCUT2D eigenvalue weighted by Crippen LogP contribution is -2.03. The molecule has 0 aliphatic rings. The second kappa shape index (κ2) is 5.59. The molecule has 1 aromatic carbocycles. The monoisotopic (exact) mass is 331 g/mol. The van der Waals surface area contributed by atoms with E-state index < -0.39 is 0 Å². The summed E-state index contributed by atoms with van der Waals surface area (Å²) in [5.74, 6) is -0.124. The molecule has 0 aliphatic carbocycles. The van der Waals surface area contributed by atoms with Crippen molar-refractivity contribution in [3.63, 3.8) is 0 Å². The minimum absolute atomic E-state index is 0.124. The molecule has 25 heavy (non-hydrogen) atoms. The van der Waals surface area contributed by atoms with Crippen molar-refractivity contribution in [3.05, 3.63) is 65.7 Å². The van der Waals surface area contributed by atoms with E-state index in [-0.39, 0.29) is 5.78 Å². The van der Waals surface area contributed by atoms with Crippen LogP contribution < -0.4 is 5.73 Å². The fraction of sp³-hybridized carbons (Fsp3) is 0.105. The zero-order chi connectivity index (χ0) is 17.6. The lowest BCUT2D eigenvalue weighted by molar-refractivity contribution is 0.103. The maximum Gasteiger partial charge on any atom is 0.215 e. The molecule has 0 saturated carbocycles. The Kier molecular flexibility index (Phi) is 3.39. The van der Waals surface area contributed by atoms with Crippen molar-refractivity contribution in [2.24, 2.45) is 7.05 Å². The van der Waals surface area contributed by atoms with Crippen LogP contribution in [-0.4, -0.2) is 25.5 Å². The zero-order valence-electron chi connectivity index (χ0n) is 13.9. The number of nitrogens with one attached hydrogen (secondary N) is 1. The lowest BCUT2D eigenvalue weighted by Gasteiger charge is -2.03. The first-order chi connectivity index (χ1) is 12.0. The zero-order valence-corrected chi connectivity index (χ0v) is 13.9. The number of hydrogen-bond donors (Lipinski definition) is 2. The van der Waals surface area contributed by atoms with E-state index in [0.29, 0.717) is 22.6 Å².